The molecule has 0 spiro atoms. The molecular formula is C16H23FO. The van der Waals surface area contributed by atoms with Crippen LogP contribution >= 0.6 is 0 Å². The molecule has 1 aliphatic rings. The van der Waals surface area contributed by atoms with Crippen LogP contribution in [0.15, 0.2) is 24.3 Å². The molecular weight excluding hydrogens is 227 g/mol. The Bertz CT molecular complexity index is 404. The van der Waals surface area contributed by atoms with E-state index in [9.17, 15) is 9.50 Å². The van der Waals surface area contributed by atoms with Crippen molar-refractivity contribution in [2.45, 2.75) is 51.6 Å². The third-order valence-corrected chi connectivity index (χ3v) is 4.48. The third kappa shape index (κ3) is 2.59. The highest BCUT2D eigenvalue weighted by molar-refractivity contribution is 5.24. The summed E-state index contributed by atoms with van der Waals surface area (Å²) in [6, 6.07) is 6.47. The highest BCUT2D eigenvalue weighted by Gasteiger charge is 2.38. The van der Waals surface area contributed by atoms with Crippen LogP contribution in [0.5, 0.6) is 0 Å². The minimum atomic E-state index is -0.864. The van der Waals surface area contributed by atoms with Gasteiger partial charge in [0.2, 0.25) is 0 Å². The van der Waals surface area contributed by atoms with Gasteiger partial charge in [0.15, 0.2) is 0 Å². The Morgan fingerprint density at radius 1 is 1.39 bits per heavy atom. The van der Waals surface area contributed by atoms with Gasteiger partial charge in [-0.15, -0.1) is 0 Å². The first-order valence-corrected chi connectivity index (χ1v) is 7.04. The normalized spacial score (nSPS) is 27.8. The molecule has 1 saturated carbocycles. The molecule has 18 heavy (non-hydrogen) atoms. The van der Waals surface area contributed by atoms with Gasteiger partial charge >= 0.3 is 0 Å². The topological polar surface area (TPSA) is 20.2 Å². The molecule has 0 heterocycles. The fourth-order valence-electron chi connectivity index (χ4n) is 3.35. The van der Waals surface area contributed by atoms with Crippen LogP contribution in [0.4, 0.5) is 4.39 Å². The van der Waals surface area contributed by atoms with E-state index in [0.29, 0.717) is 12.3 Å². The molecule has 0 amide bonds. The predicted molar refractivity (Wildman–Crippen MR) is 71.7 cm³/mol. The van der Waals surface area contributed by atoms with Gasteiger partial charge in [0.25, 0.3) is 0 Å². The SMILES string of the molecule is CCC(O)(c1cccc(F)c1)C1CCCC(C)C1. The standard InChI is InChI=1S/C16H23FO/c1-3-16(18,13-7-4-6-12(2)10-13)14-8-5-9-15(17)11-14/h5,8-9,11-13,18H,3-4,6-7,10H2,1-2H3. The zero-order chi connectivity index (χ0) is 13.2. The molecule has 0 saturated heterocycles. The molecule has 1 fully saturated rings. The summed E-state index contributed by atoms with van der Waals surface area (Å²) in [6.45, 7) is 4.23. The van der Waals surface area contributed by atoms with E-state index in [2.05, 4.69) is 6.92 Å². The number of hydrogen-bond donors (Lipinski definition) is 1. The van der Waals surface area contributed by atoms with Crippen molar-refractivity contribution in [3.05, 3.63) is 35.6 Å². The summed E-state index contributed by atoms with van der Waals surface area (Å²) < 4.78 is 13.4. The van der Waals surface area contributed by atoms with Gasteiger partial charge in [0.05, 0.1) is 5.60 Å². The maximum Gasteiger partial charge on any atom is 0.123 e. The van der Waals surface area contributed by atoms with E-state index in [0.717, 1.165) is 18.4 Å². The Morgan fingerprint density at radius 2 is 2.17 bits per heavy atom. The van der Waals surface area contributed by atoms with Gasteiger partial charge in [-0.05, 0) is 48.8 Å². The highest BCUT2D eigenvalue weighted by atomic mass is 19.1. The van der Waals surface area contributed by atoms with Crippen molar-refractivity contribution >= 4 is 0 Å². The Labute approximate surface area is 109 Å². The lowest BCUT2D eigenvalue weighted by atomic mass is 9.69. The Morgan fingerprint density at radius 3 is 2.78 bits per heavy atom. The average Bonchev–Trinajstić information content (AvgIpc) is 2.38. The molecule has 0 bridgehead atoms. The summed E-state index contributed by atoms with van der Waals surface area (Å²) in [6.07, 6.45) is 5.16. The fraction of sp³-hybridized carbons (Fsp3) is 0.625. The zero-order valence-corrected chi connectivity index (χ0v) is 11.3. The van der Waals surface area contributed by atoms with Gasteiger partial charge in [-0.2, -0.15) is 0 Å². The van der Waals surface area contributed by atoms with Gasteiger partial charge < -0.3 is 5.11 Å². The second-order valence-corrected chi connectivity index (χ2v) is 5.76. The highest BCUT2D eigenvalue weighted by Crippen LogP contribution is 2.43. The lowest BCUT2D eigenvalue weighted by Crippen LogP contribution is -2.37. The molecule has 2 rings (SSSR count). The zero-order valence-electron chi connectivity index (χ0n) is 11.3. The van der Waals surface area contributed by atoms with E-state index in [1.807, 2.05) is 13.0 Å². The first kappa shape index (κ1) is 13.5. The van der Waals surface area contributed by atoms with E-state index in [-0.39, 0.29) is 11.7 Å². The molecule has 0 radical (unpaired) electrons. The molecule has 0 aromatic heterocycles. The van der Waals surface area contributed by atoms with Gasteiger partial charge in [0.1, 0.15) is 5.82 Å². The van der Waals surface area contributed by atoms with Crippen LogP contribution < -0.4 is 0 Å². The monoisotopic (exact) mass is 250 g/mol. The molecule has 3 unspecified atom stereocenters. The Balaban J connectivity index is 2.29. The van der Waals surface area contributed by atoms with E-state index in [1.165, 1.54) is 25.0 Å². The van der Waals surface area contributed by atoms with Crippen molar-refractivity contribution in [2.75, 3.05) is 0 Å². The Kier molecular flexibility index (Phi) is 4.06. The van der Waals surface area contributed by atoms with Crippen LogP contribution in [-0.4, -0.2) is 5.11 Å². The quantitative estimate of drug-likeness (QED) is 0.850. The summed E-state index contributed by atoms with van der Waals surface area (Å²) in [5, 5.41) is 11.0. The lowest BCUT2D eigenvalue weighted by Gasteiger charge is -2.40. The minimum Gasteiger partial charge on any atom is -0.385 e. The van der Waals surface area contributed by atoms with Crippen LogP contribution in [0, 0.1) is 17.7 Å². The summed E-state index contributed by atoms with van der Waals surface area (Å²) in [4.78, 5) is 0. The van der Waals surface area contributed by atoms with Crippen LogP contribution in [0.3, 0.4) is 0 Å². The van der Waals surface area contributed by atoms with Gasteiger partial charge in [-0.25, -0.2) is 4.39 Å². The molecule has 1 N–H and O–H groups in total. The second-order valence-electron chi connectivity index (χ2n) is 5.76. The molecule has 3 atom stereocenters. The fourth-order valence-corrected chi connectivity index (χ4v) is 3.35. The third-order valence-electron chi connectivity index (χ3n) is 4.48. The van der Waals surface area contributed by atoms with Crippen LogP contribution in [-0.2, 0) is 5.60 Å². The smallest absolute Gasteiger partial charge is 0.123 e. The van der Waals surface area contributed by atoms with E-state index >= 15 is 0 Å². The number of aliphatic hydroxyl groups is 1. The van der Waals surface area contributed by atoms with Crippen LogP contribution in [0.2, 0.25) is 0 Å². The largest absolute Gasteiger partial charge is 0.385 e. The summed E-state index contributed by atoms with van der Waals surface area (Å²) in [5.74, 6) is 0.659. The first-order valence-electron chi connectivity index (χ1n) is 7.04. The van der Waals surface area contributed by atoms with Gasteiger partial charge in [-0.3, -0.25) is 0 Å². The van der Waals surface area contributed by atoms with Crippen LogP contribution in [0.1, 0.15) is 51.5 Å². The number of benzene rings is 1. The summed E-state index contributed by atoms with van der Waals surface area (Å²) in [7, 11) is 0. The van der Waals surface area contributed by atoms with E-state index < -0.39 is 5.60 Å². The van der Waals surface area contributed by atoms with Crippen LogP contribution in [0.25, 0.3) is 0 Å². The number of halogens is 1. The molecule has 1 aliphatic carbocycles. The maximum absolute atomic E-state index is 13.4. The lowest BCUT2D eigenvalue weighted by molar-refractivity contribution is -0.0494. The second kappa shape index (κ2) is 5.40. The molecule has 1 nitrogen and oxygen atoms in total. The minimum absolute atomic E-state index is 0.257. The number of rotatable bonds is 3. The molecule has 100 valence electrons. The van der Waals surface area contributed by atoms with Crippen molar-refractivity contribution in [3.63, 3.8) is 0 Å². The molecule has 2 heteroatoms. The van der Waals surface area contributed by atoms with E-state index in [4.69, 9.17) is 0 Å². The Hall–Kier alpha value is -0.890. The van der Waals surface area contributed by atoms with Crippen molar-refractivity contribution < 1.29 is 9.50 Å². The van der Waals surface area contributed by atoms with Crippen molar-refractivity contribution in [1.29, 1.82) is 0 Å². The average molecular weight is 250 g/mol. The van der Waals surface area contributed by atoms with Gasteiger partial charge in [-0.1, -0.05) is 38.8 Å². The first-order chi connectivity index (χ1) is 8.56. The molecule has 0 aliphatic heterocycles. The summed E-state index contributed by atoms with van der Waals surface area (Å²) in [5.41, 5.74) is -0.124. The van der Waals surface area contributed by atoms with Crippen molar-refractivity contribution in [1.82, 2.24) is 0 Å². The van der Waals surface area contributed by atoms with Crippen molar-refractivity contribution in [3.8, 4) is 0 Å². The van der Waals surface area contributed by atoms with E-state index in [1.54, 1.807) is 6.07 Å². The van der Waals surface area contributed by atoms with Crippen molar-refractivity contribution in [2.24, 2.45) is 11.8 Å². The van der Waals surface area contributed by atoms with Gasteiger partial charge in [0, 0.05) is 0 Å². The summed E-state index contributed by atoms with van der Waals surface area (Å²) >= 11 is 0. The molecule has 1 aromatic rings. The predicted octanol–water partition coefficient (Wildman–Crippen LogP) is 4.25. The maximum atomic E-state index is 13.4. The number of hydrogen-bond acceptors (Lipinski definition) is 1. The molecule has 1 aromatic carbocycles.